The molecule has 0 saturated carbocycles. The average molecular weight is 550 g/mol. The van der Waals surface area contributed by atoms with Crippen molar-refractivity contribution in [2.75, 3.05) is 0 Å². The van der Waals surface area contributed by atoms with Crippen molar-refractivity contribution in [1.82, 2.24) is 15.3 Å². The van der Waals surface area contributed by atoms with Crippen molar-refractivity contribution in [1.29, 1.82) is 0 Å². The van der Waals surface area contributed by atoms with Gasteiger partial charge in [-0.3, -0.25) is 14.9 Å². The van der Waals surface area contributed by atoms with E-state index in [0.717, 1.165) is 46.3 Å². The van der Waals surface area contributed by atoms with Crippen LogP contribution in [0.5, 0.6) is 17.2 Å². The number of fused-ring (bicyclic) bond motifs is 1. The van der Waals surface area contributed by atoms with Crippen molar-refractivity contribution in [2.24, 2.45) is 0 Å². The van der Waals surface area contributed by atoms with Gasteiger partial charge in [-0.1, -0.05) is 66.4 Å². The van der Waals surface area contributed by atoms with Crippen LogP contribution in [0.3, 0.4) is 0 Å². The zero-order valence-electron chi connectivity index (χ0n) is 21.8. The molecule has 5 aromatic rings. The number of amides is 2. The maximum atomic E-state index is 11.8. The van der Waals surface area contributed by atoms with E-state index in [1.165, 1.54) is 11.1 Å². The summed E-state index contributed by atoms with van der Waals surface area (Å²) in [6, 6.07) is 31.9. The van der Waals surface area contributed by atoms with E-state index in [9.17, 15) is 9.59 Å². The van der Waals surface area contributed by atoms with Gasteiger partial charge in [-0.25, -0.2) is 4.98 Å². The summed E-state index contributed by atoms with van der Waals surface area (Å²) in [5.41, 5.74) is 5.16. The van der Waals surface area contributed by atoms with Crippen molar-refractivity contribution in [3.8, 4) is 17.2 Å². The molecule has 40 heavy (non-hydrogen) atoms. The number of nitrogens with one attached hydrogen (secondary N) is 2. The van der Waals surface area contributed by atoms with Crippen LogP contribution in [0.25, 0.3) is 11.0 Å². The van der Waals surface area contributed by atoms with Crippen molar-refractivity contribution in [2.45, 2.75) is 31.1 Å². The van der Waals surface area contributed by atoms with Crippen LogP contribution in [0, 0.1) is 0 Å². The number of imide groups is 1. The Bertz CT molecular complexity index is 1650. The number of aromatic nitrogens is 2. The first-order valence-corrected chi connectivity index (χ1v) is 13.9. The lowest BCUT2D eigenvalue weighted by atomic mass is 10.1. The van der Waals surface area contributed by atoms with Gasteiger partial charge in [0.1, 0.15) is 23.1 Å². The minimum absolute atomic E-state index is 0.237. The second kappa shape index (κ2) is 11.3. The Kier molecular flexibility index (Phi) is 7.25. The van der Waals surface area contributed by atoms with E-state index in [1.807, 2.05) is 67.6 Å². The van der Waals surface area contributed by atoms with E-state index >= 15 is 0 Å². The third-order valence-corrected chi connectivity index (χ3v) is 7.67. The minimum atomic E-state index is -0.387. The molecule has 2 unspecified atom stereocenters. The molecule has 1 saturated heterocycles. The maximum Gasteiger partial charge on any atom is 0.286 e. The molecule has 0 bridgehead atoms. The molecule has 2 N–H and O–H groups in total. The molecule has 0 aliphatic carbocycles. The molecule has 0 radical (unpaired) electrons. The van der Waals surface area contributed by atoms with Gasteiger partial charge in [-0.05, 0) is 72.9 Å². The van der Waals surface area contributed by atoms with Gasteiger partial charge >= 0.3 is 0 Å². The third kappa shape index (κ3) is 6.02. The van der Waals surface area contributed by atoms with E-state index in [1.54, 1.807) is 0 Å². The topological polar surface area (TPSA) is 93.3 Å². The molecular weight excluding hydrogens is 522 g/mol. The highest BCUT2D eigenvalue weighted by Crippen LogP contribution is 2.29. The number of benzene rings is 4. The molecule has 1 aliphatic rings. The number of ether oxygens (including phenoxy) is 2. The fourth-order valence-electron chi connectivity index (χ4n) is 4.61. The third-order valence-electron chi connectivity index (χ3n) is 6.69. The number of thioether (sulfide) groups is 1. The quantitative estimate of drug-likeness (QED) is 0.206. The normalized spacial score (nSPS) is 15.7. The van der Waals surface area contributed by atoms with Crippen LogP contribution in [-0.2, 0) is 17.6 Å². The second-order valence-corrected chi connectivity index (χ2v) is 10.9. The van der Waals surface area contributed by atoms with Crippen LogP contribution >= 0.6 is 11.8 Å². The van der Waals surface area contributed by atoms with Crippen LogP contribution in [0.15, 0.2) is 97.1 Å². The fourth-order valence-corrected chi connectivity index (χ4v) is 5.47. The van der Waals surface area contributed by atoms with Crippen molar-refractivity contribution >= 4 is 33.9 Å². The Labute approximate surface area is 235 Å². The monoisotopic (exact) mass is 549 g/mol. The summed E-state index contributed by atoms with van der Waals surface area (Å²) in [5.74, 6) is 2.66. The largest absolute Gasteiger partial charge is 0.483 e. The van der Waals surface area contributed by atoms with Crippen LogP contribution < -0.4 is 14.8 Å². The summed E-state index contributed by atoms with van der Waals surface area (Å²) in [6.45, 7) is 1.94. The molecule has 2 amide bonds. The van der Waals surface area contributed by atoms with E-state index in [2.05, 4.69) is 46.7 Å². The van der Waals surface area contributed by atoms with E-state index in [0.29, 0.717) is 18.0 Å². The smallest absolute Gasteiger partial charge is 0.286 e. The highest BCUT2D eigenvalue weighted by molar-refractivity contribution is 8.15. The van der Waals surface area contributed by atoms with Crippen LogP contribution in [0.4, 0.5) is 4.79 Å². The summed E-state index contributed by atoms with van der Waals surface area (Å²) >= 11 is 1.03. The van der Waals surface area contributed by atoms with Crippen LogP contribution in [0.2, 0.25) is 0 Å². The number of aromatic amines is 1. The summed E-state index contributed by atoms with van der Waals surface area (Å²) in [6.07, 6.45) is 1.06. The number of imidazole rings is 1. The maximum absolute atomic E-state index is 11.8. The summed E-state index contributed by atoms with van der Waals surface area (Å²) in [7, 11) is 0. The van der Waals surface area contributed by atoms with Gasteiger partial charge in [-0.15, -0.1) is 0 Å². The summed E-state index contributed by atoms with van der Waals surface area (Å²) in [4.78, 5) is 31.3. The Morgan fingerprint density at radius 1 is 0.825 bits per heavy atom. The van der Waals surface area contributed by atoms with Crippen molar-refractivity contribution < 1.29 is 19.1 Å². The first-order valence-electron chi connectivity index (χ1n) is 13.1. The number of hydrogen-bond donors (Lipinski definition) is 2. The number of nitrogens with zero attached hydrogens (tertiary/aromatic N) is 1. The summed E-state index contributed by atoms with van der Waals surface area (Å²) < 4.78 is 12.2. The summed E-state index contributed by atoms with van der Waals surface area (Å²) in [5, 5.41) is 1.64. The van der Waals surface area contributed by atoms with Gasteiger partial charge in [-0.2, -0.15) is 0 Å². The van der Waals surface area contributed by atoms with Gasteiger partial charge in [0, 0.05) is 6.07 Å². The zero-order valence-corrected chi connectivity index (χ0v) is 22.6. The SMILES string of the molecule is CC(Oc1ccc(CC2SC(=O)NC2=O)cc1)c1nc2ccc(Oc3ccc(Cc4ccccc4)cc3)cc2[nH]1. The van der Waals surface area contributed by atoms with Crippen LogP contribution in [0.1, 0.15) is 35.5 Å². The zero-order chi connectivity index (χ0) is 27.5. The van der Waals surface area contributed by atoms with Gasteiger partial charge in [0.05, 0.1) is 16.3 Å². The molecule has 7 nitrogen and oxygen atoms in total. The minimum Gasteiger partial charge on any atom is -0.483 e. The Hall–Kier alpha value is -4.56. The molecule has 2 atom stereocenters. The Morgan fingerprint density at radius 2 is 1.50 bits per heavy atom. The van der Waals surface area contributed by atoms with E-state index < -0.39 is 0 Å². The number of hydrogen-bond acceptors (Lipinski definition) is 6. The number of rotatable bonds is 9. The molecule has 8 heteroatoms. The van der Waals surface area contributed by atoms with Gasteiger partial charge in [0.15, 0.2) is 6.10 Å². The first-order chi connectivity index (χ1) is 19.5. The molecule has 1 aliphatic heterocycles. The van der Waals surface area contributed by atoms with Gasteiger partial charge in [0.2, 0.25) is 5.91 Å². The first kappa shape index (κ1) is 25.7. The fraction of sp³-hybridized carbons (Fsp3) is 0.156. The van der Waals surface area contributed by atoms with Gasteiger partial charge < -0.3 is 14.5 Å². The second-order valence-electron chi connectivity index (χ2n) is 9.70. The molecule has 2 heterocycles. The lowest BCUT2D eigenvalue weighted by Gasteiger charge is -2.13. The van der Waals surface area contributed by atoms with Gasteiger partial charge in [0.25, 0.3) is 5.24 Å². The van der Waals surface area contributed by atoms with Crippen molar-refractivity contribution in [3.63, 3.8) is 0 Å². The molecule has 200 valence electrons. The predicted octanol–water partition coefficient (Wildman–Crippen LogP) is 6.98. The standard InChI is InChI=1S/C32H27N3O4S/c1-20(38-24-11-9-23(10-12-24)18-29-31(36)35-32(37)40-29)30-33-27-16-15-26(19-28(27)34-30)39-25-13-7-22(8-14-25)17-21-5-3-2-4-6-21/h2-16,19-20,29H,17-18H2,1H3,(H,33,34)(H,35,36,37). The predicted molar refractivity (Wildman–Crippen MR) is 156 cm³/mol. The van der Waals surface area contributed by atoms with E-state index in [4.69, 9.17) is 14.5 Å². The number of carbonyl (C=O) groups is 2. The lowest BCUT2D eigenvalue weighted by molar-refractivity contribution is -0.118. The highest BCUT2D eigenvalue weighted by Gasteiger charge is 2.31. The highest BCUT2D eigenvalue weighted by atomic mass is 32.2. The number of H-pyrrole nitrogens is 1. The number of carbonyl (C=O) groups excluding carboxylic acids is 2. The van der Waals surface area contributed by atoms with Crippen molar-refractivity contribution in [3.05, 3.63) is 120 Å². The van der Waals surface area contributed by atoms with Crippen LogP contribution in [-0.4, -0.2) is 26.4 Å². The molecule has 0 spiro atoms. The molecule has 4 aromatic carbocycles. The Balaban J connectivity index is 1.07. The van der Waals surface area contributed by atoms with E-state index in [-0.39, 0.29) is 22.5 Å². The molecular formula is C32H27N3O4S. The molecule has 1 aromatic heterocycles. The average Bonchev–Trinajstić information content (AvgIpc) is 3.53. The lowest BCUT2D eigenvalue weighted by Crippen LogP contribution is -2.25. The Morgan fingerprint density at radius 3 is 2.23 bits per heavy atom. The molecule has 6 rings (SSSR count). The molecule has 1 fully saturated rings.